The third kappa shape index (κ3) is 4.64. The van der Waals surface area contributed by atoms with Crippen LogP contribution < -0.4 is 15.0 Å². The first-order valence-corrected chi connectivity index (χ1v) is 13.6. The normalized spacial score (nSPS) is 21.9. The van der Waals surface area contributed by atoms with Crippen molar-refractivity contribution in [3.63, 3.8) is 0 Å². The molecule has 2 aromatic carbocycles. The molecule has 1 saturated heterocycles. The molecule has 0 bridgehead atoms. The summed E-state index contributed by atoms with van der Waals surface area (Å²) >= 11 is 0. The summed E-state index contributed by atoms with van der Waals surface area (Å²) in [6.45, 7) is 8.90. The number of anilines is 1. The third-order valence-corrected chi connectivity index (χ3v) is 8.68. The average Bonchev–Trinajstić information content (AvgIpc) is 2.93. The number of amides is 1. The van der Waals surface area contributed by atoms with E-state index in [0.717, 1.165) is 17.5 Å². The SMILES string of the molecule is CC1(C)C(NC(=O)c2cc(F)c(N3CCC(CO)CC3)c(F)c2)C(C)(C)C1Oc1ccc(C#N)c2ncccc12. The van der Waals surface area contributed by atoms with Crippen LogP contribution in [-0.4, -0.2) is 47.8 Å². The number of hydrogen-bond acceptors (Lipinski definition) is 6. The van der Waals surface area contributed by atoms with Crippen LogP contribution in [0.4, 0.5) is 14.5 Å². The molecule has 0 atom stereocenters. The lowest BCUT2D eigenvalue weighted by Crippen LogP contribution is -2.74. The molecule has 1 aromatic heterocycles. The van der Waals surface area contributed by atoms with Gasteiger partial charge in [-0.1, -0.05) is 27.7 Å². The summed E-state index contributed by atoms with van der Waals surface area (Å²) in [4.78, 5) is 19.2. The fraction of sp³-hybridized carbons (Fsp3) is 0.452. The van der Waals surface area contributed by atoms with Gasteiger partial charge in [0.15, 0.2) is 0 Å². The highest BCUT2D eigenvalue weighted by Crippen LogP contribution is 2.56. The highest BCUT2D eigenvalue weighted by atomic mass is 19.1. The number of pyridine rings is 1. The topological polar surface area (TPSA) is 98.5 Å². The molecule has 7 nitrogen and oxygen atoms in total. The first kappa shape index (κ1) is 27.8. The second kappa shape index (κ2) is 10.3. The lowest BCUT2D eigenvalue weighted by molar-refractivity contribution is -0.163. The number of halogens is 2. The van der Waals surface area contributed by atoms with Crippen molar-refractivity contribution < 1.29 is 23.4 Å². The van der Waals surface area contributed by atoms with Gasteiger partial charge in [0.1, 0.15) is 35.2 Å². The van der Waals surface area contributed by atoms with Crippen LogP contribution in [0.5, 0.6) is 5.75 Å². The summed E-state index contributed by atoms with van der Waals surface area (Å²) in [6.07, 6.45) is 2.63. The molecule has 40 heavy (non-hydrogen) atoms. The maximum atomic E-state index is 15.1. The Bertz CT molecular complexity index is 1450. The molecule has 0 unspecified atom stereocenters. The zero-order valence-corrected chi connectivity index (χ0v) is 23.2. The van der Waals surface area contributed by atoms with Crippen molar-refractivity contribution in [2.75, 3.05) is 24.6 Å². The summed E-state index contributed by atoms with van der Waals surface area (Å²) in [5.41, 5.74) is -0.224. The molecule has 2 heterocycles. The number of fused-ring (bicyclic) bond motifs is 1. The number of rotatable bonds is 6. The molecule has 5 rings (SSSR count). The van der Waals surface area contributed by atoms with Crippen molar-refractivity contribution >= 4 is 22.5 Å². The number of nitriles is 1. The summed E-state index contributed by atoms with van der Waals surface area (Å²) < 4.78 is 36.7. The van der Waals surface area contributed by atoms with Crippen LogP contribution in [-0.2, 0) is 0 Å². The molecule has 2 N–H and O–H groups in total. The van der Waals surface area contributed by atoms with Gasteiger partial charge in [-0.05, 0) is 55.2 Å². The van der Waals surface area contributed by atoms with E-state index in [-0.39, 0.29) is 35.9 Å². The van der Waals surface area contributed by atoms with E-state index in [1.54, 1.807) is 29.3 Å². The van der Waals surface area contributed by atoms with E-state index in [1.807, 2.05) is 33.8 Å². The van der Waals surface area contributed by atoms with E-state index >= 15 is 8.78 Å². The molecule has 3 aromatic rings. The molecule has 0 spiro atoms. The second-order valence-corrected chi connectivity index (χ2v) is 12.1. The maximum Gasteiger partial charge on any atom is 0.251 e. The first-order valence-electron chi connectivity index (χ1n) is 13.6. The predicted octanol–water partition coefficient (Wildman–Crippen LogP) is 5.21. The van der Waals surface area contributed by atoms with Crippen molar-refractivity contribution in [3.05, 3.63) is 65.4 Å². The molecule has 0 radical (unpaired) electrons. The number of carbonyl (C=O) groups excluding carboxylic acids is 1. The van der Waals surface area contributed by atoms with Crippen molar-refractivity contribution in [3.8, 4) is 11.8 Å². The van der Waals surface area contributed by atoms with E-state index in [0.29, 0.717) is 42.8 Å². The number of aromatic nitrogens is 1. The highest BCUT2D eigenvalue weighted by Gasteiger charge is 2.64. The third-order valence-electron chi connectivity index (χ3n) is 8.68. The average molecular weight is 549 g/mol. The van der Waals surface area contributed by atoms with Gasteiger partial charge >= 0.3 is 0 Å². The van der Waals surface area contributed by atoms with Crippen LogP contribution >= 0.6 is 0 Å². The Kier molecular flexibility index (Phi) is 7.17. The zero-order chi connectivity index (χ0) is 28.8. The monoisotopic (exact) mass is 548 g/mol. The maximum absolute atomic E-state index is 15.1. The summed E-state index contributed by atoms with van der Waals surface area (Å²) in [6, 6.07) is 11.1. The molecule has 1 aliphatic carbocycles. The van der Waals surface area contributed by atoms with Crippen LogP contribution in [0.15, 0.2) is 42.6 Å². The Morgan fingerprint density at radius 2 is 1.80 bits per heavy atom. The summed E-state index contributed by atoms with van der Waals surface area (Å²) in [5, 5.41) is 22.5. The van der Waals surface area contributed by atoms with Gasteiger partial charge in [0.05, 0.1) is 11.1 Å². The van der Waals surface area contributed by atoms with Crippen molar-refractivity contribution in [2.24, 2.45) is 16.7 Å². The largest absolute Gasteiger partial charge is 0.488 e. The van der Waals surface area contributed by atoms with E-state index in [4.69, 9.17) is 4.74 Å². The standard InChI is InChI=1S/C31H34F2N4O3/c1-30(2)28(31(3,4)29(30)40-24-8-7-19(16-34)25-21(24)6-5-11-35-25)36-27(39)20-14-22(32)26(23(33)15-20)37-12-9-18(17-38)10-13-37/h5-8,11,14-15,18,28-29,38H,9-10,12-13,17H2,1-4H3,(H,36,39). The number of ether oxygens (including phenoxy) is 1. The number of aliphatic hydroxyl groups is 1. The summed E-state index contributed by atoms with van der Waals surface area (Å²) in [5.74, 6) is -1.37. The zero-order valence-electron chi connectivity index (χ0n) is 23.2. The molecular weight excluding hydrogens is 514 g/mol. The van der Waals surface area contributed by atoms with Gasteiger partial charge in [-0.2, -0.15) is 5.26 Å². The lowest BCUT2D eigenvalue weighted by Gasteiger charge is -2.63. The molecular formula is C31H34F2N4O3. The summed E-state index contributed by atoms with van der Waals surface area (Å²) in [7, 11) is 0. The highest BCUT2D eigenvalue weighted by molar-refractivity contribution is 5.95. The number of nitrogens with one attached hydrogen (secondary N) is 1. The molecule has 9 heteroatoms. The number of hydrogen-bond donors (Lipinski definition) is 2. The van der Waals surface area contributed by atoms with Crippen molar-refractivity contribution in [1.82, 2.24) is 10.3 Å². The second-order valence-electron chi connectivity index (χ2n) is 12.1. The number of aliphatic hydroxyl groups excluding tert-OH is 1. The van der Waals surface area contributed by atoms with Gasteiger partial charge in [0.25, 0.3) is 5.91 Å². The van der Waals surface area contributed by atoms with Crippen LogP contribution in [0.1, 0.15) is 56.5 Å². The minimum atomic E-state index is -0.776. The number of nitrogens with zero attached hydrogens (tertiary/aromatic N) is 3. The Labute approximate surface area is 232 Å². The molecule has 2 fully saturated rings. The van der Waals surface area contributed by atoms with E-state index in [1.165, 1.54) is 0 Å². The number of piperidine rings is 1. The fourth-order valence-corrected chi connectivity index (χ4v) is 6.82. The van der Waals surface area contributed by atoms with Gasteiger partial charge < -0.3 is 20.1 Å². The van der Waals surface area contributed by atoms with E-state index < -0.39 is 28.4 Å². The number of carbonyl (C=O) groups is 1. The molecule has 210 valence electrons. The minimum Gasteiger partial charge on any atom is -0.488 e. The minimum absolute atomic E-state index is 0.0684. The van der Waals surface area contributed by atoms with Crippen LogP contribution in [0.3, 0.4) is 0 Å². The van der Waals surface area contributed by atoms with Gasteiger partial charge in [-0.3, -0.25) is 9.78 Å². The van der Waals surface area contributed by atoms with Crippen molar-refractivity contribution in [2.45, 2.75) is 52.7 Å². The van der Waals surface area contributed by atoms with Gasteiger partial charge in [0.2, 0.25) is 0 Å². The van der Waals surface area contributed by atoms with E-state index in [2.05, 4.69) is 16.4 Å². The molecule has 1 amide bonds. The van der Waals surface area contributed by atoms with E-state index in [9.17, 15) is 15.2 Å². The van der Waals surface area contributed by atoms with Crippen LogP contribution in [0.25, 0.3) is 10.9 Å². The van der Waals surface area contributed by atoms with Gasteiger partial charge in [-0.15, -0.1) is 0 Å². The number of benzene rings is 2. The Morgan fingerprint density at radius 3 is 2.40 bits per heavy atom. The Hall–Kier alpha value is -3.77. The molecule has 2 aliphatic rings. The van der Waals surface area contributed by atoms with Gasteiger partial charge in [-0.25, -0.2) is 8.78 Å². The lowest BCUT2D eigenvalue weighted by atomic mass is 9.49. The first-order chi connectivity index (χ1) is 19.0. The van der Waals surface area contributed by atoms with Crippen LogP contribution in [0.2, 0.25) is 0 Å². The Morgan fingerprint density at radius 1 is 1.15 bits per heavy atom. The van der Waals surface area contributed by atoms with Crippen LogP contribution in [0, 0.1) is 39.7 Å². The fourth-order valence-electron chi connectivity index (χ4n) is 6.82. The molecule has 1 aliphatic heterocycles. The Balaban J connectivity index is 1.33. The quantitative estimate of drug-likeness (QED) is 0.439. The van der Waals surface area contributed by atoms with Gasteiger partial charge in [0, 0.05) is 53.7 Å². The van der Waals surface area contributed by atoms with Crippen molar-refractivity contribution in [1.29, 1.82) is 5.26 Å². The molecule has 1 saturated carbocycles. The predicted molar refractivity (Wildman–Crippen MR) is 148 cm³/mol. The smallest absolute Gasteiger partial charge is 0.251 e.